The zero-order chi connectivity index (χ0) is 21.4. The molecule has 0 fully saturated rings. The van der Waals surface area contributed by atoms with Crippen molar-refractivity contribution in [3.63, 3.8) is 0 Å². The second-order valence-electron chi connectivity index (χ2n) is 7.78. The third-order valence-electron chi connectivity index (χ3n) is 5.50. The van der Waals surface area contributed by atoms with E-state index in [4.69, 9.17) is 12.2 Å². The maximum atomic E-state index is 12.7. The summed E-state index contributed by atoms with van der Waals surface area (Å²) >= 11 is 5.70. The van der Waals surface area contributed by atoms with Crippen LogP contribution < -0.4 is 10.9 Å². The first-order valence-corrected chi connectivity index (χ1v) is 11.2. The summed E-state index contributed by atoms with van der Waals surface area (Å²) in [6, 6.07) is 8.40. The summed E-state index contributed by atoms with van der Waals surface area (Å²) in [5.74, 6) is 0. The molecule has 0 saturated heterocycles. The van der Waals surface area contributed by atoms with E-state index >= 15 is 0 Å². The average molecular weight is 417 g/mol. The number of fused-ring (bicyclic) bond motifs is 1. The van der Waals surface area contributed by atoms with E-state index in [1.54, 1.807) is 0 Å². The summed E-state index contributed by atoms with van der Waals surface area (Å²) in [7, 11) is 0. The minimum atomic E-state index is -0.0403. The van der Waals surface area contributed by atoms with Crippen molar-refractivity contribution < 1.29 is 0 Å². The van der Waals surface area contributed by atoms with Crippen LogP contribution in [-0.4, -0.2) is 52.1 Å². The maximum absolute atomic E-state index is 12.7. The highest BCUT2D eigenvalue weighted by Gasteiger charge is 2.15. The number of H-pyrrole nitrogens is 1. The Hall–Kier alpha value is -1.92. The van der Waals surface area contributed by atoms with Crippen LogP contribution in [0, 0.1) is 6.92 Å². The lowest BCUT2D eigenvalue weighted by molar-refractivity contribution is 0.278. The summed E-state index contributed by atoms with van der Waals surface area (Å²) in [5.41, 5.74) is 2.76. The predicted molar refractivity (Wildman–Crippen MR) is 128 cm³/mol. The van der Waals surface area contributed by atoms with E-state index in [9.17, 15) is 4.79 Å². The highest BCUT2D eigenvalue weighted by Crippen LogP contribution is 2.14. The van der Waals surface area contributed by atoms with E-state index in [1.807, 2.05) is 18.2 Å². The quantitative estimate of drug-likeness (QED) is 0.573. The lowest BCUT2D eigenvalue weighted by Gasteiger charge is -2.29. The molecule has 160 valence electrons. The molecule has 0 saturated carbocycles. The molecule has 6 heteroatoms. The van der Waals surface area contributed by atoms with Crippen LogP contribution in [0.15, 0.2) is 29.1 Å². The molecule has 0 unspecified atom stereocenters. The molecule has 1 atom stereocenters. The fraction of sp³-hybridized carbons (Fsp3) is 0.565. The SMILES string of the molecule is CC[C@@H](C)NC(=S)N(CCCN(CC)CC)Cc1cc2cc(C)ccc2[nH]c1=O. The van der Waals surface area contributed by atoms with E-state index in [0.717, 1.165) is 60.6 Å². The van der Waals surface area contributed by atoms with Crippen LogP contribution in [0.2, 0.25) is 0 Å². The smallest absolute Gasteiger partial charge is 0.253 e. The van der Waals surface area contributed by atoms with E-state index < -0.39 is 0 Å². The van der Waals surface area contributed by atoms with Crippen LogP contribution in [0.4, 0.5) is 0 Å². The van der Waals surface area contributed by atoms with Gasteiger partial charge in [-0.25, -0.2) is 0 Å². The molecule has 1 aromatic heterocycles. The summed E-state index contributed by atoms with van der Waals surface area (Å²) < 4.78 is 0. The summed E-state index contributed by atoms with van der Waals surface area (Å²) in [6.45, 7) is 15.2. The standard InChI is InChI=1S/C23H36N4OS/c1-6-18(5)24-23(29)27(13-9-12-26(7-2)8-3)16-20-15-19-14-17(4)10-11-21(19)25-22(20)28/h10-11,14-15,18H,6-9,12-13,16H2,1-5H3,(H,24,29)(H,25,28)/t18-/m1/s1. The van der Waals surface area contributed by atoms with Gasteiger partial charge < -0.3 is 20.1 Å². The highest BCUT2D eigenvalue weighted by molar-refractivity contribution is 7.80. The molecule has 0 aliphatic heterocycles. The van der Waals surface area contributed by atoms with Gasteiger partial charge >= 0.3 is 0 Å². The number of nitrogens with one attached hydrogen (secondary N) is 2. The van der Waals surface area contributed by atoms with Gasteiger partial charge in [-0.05, 0) is 82.1 Å². The number of aryl methyl sites for hydroxylation is 1. The van der Waals surface area contributed by atoms with Crippen LogP contribution in [0.5, 0.6) is 0 Å². The van der Waals surface area contributed by atoms with Gasteiger partial charge in [0.25, 0.3) is 5.56 Å². The highest BCUT2D eigenvalue weighted by atomic mass is 32.1. The fourth-order valence-corrected chi connectivity index (χ4v) is 3.73. The summed E-state index contributed by atoms with van der Waals surface area (Å²) in [5, 5.41) is 5.20. The average Bonchev–Trinajstić information content (AvgIpc) is 2.70. The number of thiocarbonyl (C=S) groups is 1. The summed E-state index contributed by atoms with van der Waals surface area (Å²) in [4.78, 5) is 20.2. The molecule has 0 spiro atoms. The van der Waals surface area contributed by atoms with Crippen molar-refractivity contribution in [2.24, 2.45) is 0 Å². The van der Waals surface area contributed by atoms with Gasteiger partial charge in [0.1, 0.15) is 0 Å². The number of aromatic nitrogens is 1. The van der Waals surface area contributed by atoms with Gasteiger partial charge in [0, 0.05) is 23.7 Å². The normalized spacial score (nSPS) is 12.3. The van der Waals surface area contributed by atoms with Crippen molar-refractivity contribution in [3.8, 4) is 0 Å². The number of hydrogen-bond acceptors (Lipinski definition) is 3. The Morgan fingerprint density at radius 3 is 2.55 bits per heavy atom. The van der Waals surface area contributed by atoms with Crippen LogP contribution in [0.1, 0.15) is 51.7 Å². The van der Waals surface area contributed by atoms with E-state index in [0.29, 0.717) is 12.6 Å². The minimum Gasteiger partial charge on any atom is -0.360 e. The van der Waals surface area contributed by atoms with Crippen LogP contribution in [0.25, 0.3) is 10.9 Å². The molecule has 5 nitrogen and oxygen atoms in total. The zero-order valence-electron chi connectivity index (χ0n) is 18.5. The van der Waals surface area contributed by atoms with Gasteiger partial charge in [-0.2, -0.15) is 0 Å². The van der Waals surface area contributed by atoms with Gasteiger partial charge in [-0.3, -0.25) is 4.79 Å². The molecule has 2 aromatic rings. The molecule has 0 bridgehead atoms. The van der Waals surface area contributed by atoms with Crippen molar-refractivity contribution in [1.82, 2.24) is 20.1 Å². The zero-order valence-corrected chi connectivity index (χ0v) is 19.4. The second kappa shape index (κ2) is 11.3. The Labute approximate surface area is 180 Å². The molecule has 29 heavy (non-hydrogen) atoms. The number of hydrogen-bond donors (Lipinski definition) is 2. The van der Waals surface area contributed by atoms with Crippen molar-refractivity contribution in [2.45, 2.75) is 60.0 Å². The molecule has 0 aliphatic rings. The van der Waals surface area contributed by atoms with E-state index in [-0.39, 0.29) is 5.56 Å². The molecule has 2 rings (SSSR count). The Bertz CT molecular complexity index is 860. The lowest BCUT2D eigenvalue weighted by atomic mass is 10.1. The van der Waals surface area contributed by atoms with Crippen LogP contribution in [0.3, 0.4) is 0 Å². The Morgan fingerprint density at radius 1 is 1.17 bits per heavy atom. The monoisotopic (exact) mass is 416 g/mol. The van der Waals surface area contributed by atoms with E-state index in [1.165, 1.54) is 5.56 Å². The predicted octanol–water partition coefficient (Wildman–Crippen LogP) is 4.04. The number of rotatable bonds is 10. The third kappa shape index (κ3) is 6.82. The van der Waals surface area contributed by atoms with Gasteiger partial charge in [-0.1, -0.05) is 32.4 Å². The fourth-order valence-electron chi connectivity index (χ4n) is 3.38. The lowest BCUT2D eigenvalue weighted by Crippen LogP contribution is -2.44. The van der Waals surface area contributed by atoms with E-state index in [2.05, 4.69) is 60.8 Å². The molecular weight excluding hydrogens is 380 g/mol. The number of benzene rings is 1. The Morgan fingerprint density at radius 2 is 1.90 bits per heavy atom. The van der Waals surface area contributed by atoms with Gasteiger partial charge in [0.05, 0.1) is 6.54 Å². The van der Waals surface area contributed by atoms with Crippen molar-refractivity contribution in [3.05, 3.63) is 45.7 Å². The molecular formula is C23H36N4OS. The first-order valence-electron chi connectivity index (χ1n) is 10.8. The minimum absolute atomic E-state index is 0.0403. The van der Waals surface area contributed by atoms with Crippen LogP contribution in [-0.2, 0) is 6.54 Å². The van der Waals surface area contributed by atoms with Gasteiger partial charge in [0.15, 0.2) is 5.11 Å². The number of nitrogens with zero attached hydrogens (tertiary/aromatic N) is 2. The molecule has 1 heterocycles. The van der Waals surface area contributed by atoms with Crippen molar-refractivity contribution in [1.29, 1.82) is 0 Å². The van der Waals surface area contributed by atoms with Gasteiger partial charge in [-0.15, -0.1) is 0 Å². The van der Waals surface area contributed by atoms with Crippen LogP contribution >= 0.6 is 12.2 Å². The molecule has 0 aliphatic carbocycles. The molecule has 2 N–H and O–H groups in total. The number of aromatic amines is 1. The third-order valence-corrected chi connectivity index (χ3v) is 5.88. The molecule has 0 amide bonds. The Balaban J connectivity index is 2.21. The molecule has 1 aromatic carbocycles. The van der Waals surface area contributed by atoms with Crippen molar-refractivity contribution >= 4 is 28.2 Å². The maximum Gasteiger partial charge on any atom is 0.253 e. The Kier molecular flexibility index (Phi) is 9.11. The number of pyridine rings is 1. The van der Waals surface area contributed by atoms with Gasteiger partial charge in [0.2, 0.25) is 0 Å². The topological polar surface area (TPSA) is 51.4 Å². The summed E-state index contributed by atoms with van der Waals surface area (Å²) in [6.07, 6.45) is 2.01. The van der Waals surface area contributed by atoms with Crippen molar-refractivity contribution in [2.75, 3.05) is 26.2 Å². The molecule has 0 radical (unpaired) electrons. The second-order valence-corrected chi connectivity index (χ2v) is 8.16. The first-order chi connectivity index (χ1) is 13.9. The first kappa shape index (κ1) is 23.4. The largest absolute Gasteiger partial charge is 0.360 e.